The minimum Gasteiger partial charge on any atom is -0.308 e. The highest BCUT2D eigenvalue weighted by molar-refractivity contribution is 7.26. The molecule has 0 aliphatic rings. The number of aromatic nitrogens is 4. The van der Waals surface area contributed by atoms with E-state index in [2.05, 4.69) is 71.3 Å². The number of nitrogens with zero attached hydrogens (tertiary/aromatic N) is 4. The summed E-state index contributed by atoms with van der Waals surface area (Å²) >= 11 is 1.79. The smallest absolute Gasteiger partial charge is 0.164 e. The van der Waals surface area contributed by atoms with Gasteiger partial charge in [-0.2, -0.15) is 0 Å². The number of hydrogen-bond acceptors (Lipinski definition) is 4. The van der Waals surface area contributed by atoms with E-state index in [4.69, 9.17) is 21.8 Å². The van der Waals surface area contributed by atoms with E-state index < -0.39 is 18.1 Å². The van der Waals surface area contributed by atoms with E-state index in [9.17, 15) is 0 Å². The predicted octanol–water partition coefficient (Wildman–Crippen LogP) is 12.0. The van der Waals surface area contributed by atoms with Gasteiger partial charge in [0.05, 0.1) is 22.6 Å². The Morgan fingerprint density at radius 3 is 1.90 bits per heavy atom. The third kappa shape index (κ3) is 4.71. The molecule has 5 heteroatoms. The van der Waals surface area contributed by atoms with Crippen LogP contribution in [0.25, 0.3) is 93.0 Å². The Hall–Kier alpha value is -6.43. The number of hydrogen-bond donors (Lipinski definition) is 0. The minimum absolute atomic E-state index is 0.00337. The van der Waals surface area contributed by atoms with Crippen LogP contribution in [-0.4, -0.2) is 19.5 Å². The zero-order chi connectivity index (χ0) is 37.4. The Balaban J connectivity index is 1.22. The lowest BCUT2D eigenvalue weighted by Crippen LogP contribution is -2.01. The van der Waals surface area contributed by atoms with Crippen LogP contribution in [0.5, 0.6) is 0 Å². The molecule has 0 fully saturated rings. The Morgan fingerprint density at radius 2 is 1.08 bits per heavy atom. The Labute approximate surface area is 299 Å². The summed E-state index contributed by atoms with van der Waals surface area (Å²) in [4.78, 5) is 14.6. The fourth-order valence-corrected chi connectivity index (χ4v) is 8.10. The topological polar surface area (TPSA) is 43.6 Å². The molecular formula is C45H28N4S. The van der Waals surface area contributed by atoms with Crippen LogP contribution < -0.4 is 0 Å². The first-order valence-corrected chi connectivity index (χ1v) is 17.1. The van der Waals surface area contributed by atoms with E-state index in [0.717, 1.165) is 38.6 Å². The highest BCUT2D eigenvalue weighted by Crippen LogP contribution is 2.43. The maximum absolute atomic E-state index is 8.78. The van der Waals surface area contributed by atoms with Crippen molar-refractivity contribution in [2.75, 3.05) is 0 Å². The summed E-state index contributed by atoms with van der Waals surface area (Å²) in [5.74, 6) is 0.627. The largest absolute Gasteiger partial charge is 0.308 e. The van der Waals surface area contributed by atoms with Gasteiger partial charge in [0.25, 0.3) is 0 Å². The Kier molecular flexibility index (Phi) is 5.54. The van der Waals surface area contributed by atoms with Crippen molar-refractivity contribution in [3.63, 3.8) is 0 Å². The zero-order valence-corrected chi connectivity index (χ0v) is 27.3. The molecule has 3 aromatic heterocycles. The second-order valence-corrected chi connectivity index (χ2v) is 13.1. The molecule has 0 spiro atoms. The minimum atomic E-state index is -0.476. The summed E-state index contributed by atoms with van der Waals surface area (Å²) < 4.78 is 47.3. The molecule has 0 unspecified atom stereocenters. The second-order valence-electron chi connectivity index (χ2n) is 12.1. The monoisotopic (exact) mass is 661 g/mol. The molecule has 10 aromatic rings. The second kappa shape index (κ2) is 11.6. The number of rotatable bonds is 5. The summed E-state index contributed by atoms with van der Waals surface area (Å²) in [6.45, 7) is 0. The van der Waals surface area contributed by atoms with E-state index in [1.54, 1.807) is 11.3 Å². The third-order valence-corrected chi connectivity index (χ3v) is 10.3. The molecule has 0 atom stereocenters. The van der Waals surface area contributed by atoms with E-state index >= 15 is 0 Å². The first-order valence-electron chi connectivity index (χ1n) is 18.8. The molecule has 234 valence electrons. The highest BCUT2D eigenvalue weighted by Gasteiger charge is 2.19. The quantitative estimate of drug-likeness (QED) is 0.184. The van der Waals surface area contributed by atoms with Crippen molar-refractivity contribution in [1.29, 1.82) is 0 Å². The van der Waals surface area contributed by atoms with E-state index in [1.807, 2.05) is 72.8 Å². The molecule has 50 heavy (non-hydrogen) atoms. The molecular weight excluding hydrogens is 629 g/mol. The lowest BCUT2D eigenvalue weighted by atomic mass is 10.0. The first kappa shape index (κ1) is 23.8. The summed E-state index contributed by atoms with van der Waals surface area (Å²) in [5, 5.41) is 4.73. The lowest BCUT2D eigenvalue weighted by molar-refractivity contribution is 1.07. The maximum Gasteiger partial charge on any atom is 0.164 e. The number of fused-ring (bicyclic) bond motifs is 7. The predicted molar refractivity (Wildman–Crippen MR) is 209 cm³/mol. The molecule has 0 aliphatic heterocycles. The number of para-hydroxylation sites is 1. The van der Waals surface area contributed by atoms with Gasteiger partial charge in [-0.3, -0.25) is 0 Å². The fourth-order valence-electron chi connectivity index (χ4n) is 6.86. The average Bonchev–Trinajstić information content (AvgIpc) is 3.79. The molecule has 0 saturated heterocycles. The van der Waals surface area contributed by atoms with Crippen LogP contribution in [0.2, 0.25) is 0 Å². The SMILES string of the molecule is [2H]c1c([2H])c([2H])c(-c2nc(-c3cccc(-c4ccccc4)c3)nc(-c3cccc(-n4c5ccccc5c5ccc6c7ccccc7sc6c54)c3)n2)c([2H])c1[2H]. The van der Waals surface area contributed by atoms with Gasteiger partial charge in [0, 0.05) is 48.6 Å². The summed E-state index contributed by atoms with van der Waals surface area (Å²) in [6.07, 6.45) is 0. The first-order chi connectivity index (χ1) is 26.9. The van der Waals surface area contributed by atoms with Crippen molar-refractivity contribution < 1.29 is 6.85 Å². The van der Waals surface area contributed by atoms with Crippen LogP contribution in [0.4, 0.5) is 0 Å². The molecule has 0 amide bonds. The van der Waals surface area contributed by atoms with Crippen LogP contribution in [0.15, 0.2) is 170 Å². The van der Waals surface area contributed by atoms with Crippen molar-refractivity contribution in [1.82, 2.24) is 19.5 Å². The van der Waals surface area contributed by atoms with Gasteiger partial charge in [0.2, 0.25) is 0 Å². The molecule has 0 N–H and O–H groups in total. The fraction of sp³-hybridized carbons (Fsp3) is 0. The third-order valence-electron chi connectivity index (χ3n) is 9.13. The van der Waals surface area contributed by atoms with Crippen molar-refractivity contribution in [3.05, 3.63) is 170 Å². The van der Waals surface area contributed by atoms with E-state index in [0.29, 0.717) is 22.8 Å². The molecule has 10 rings (SSSR count). The summed E-state index contributed by atoms with van der Waals surface area (Å²) in [6, 6.07) is 45.1. The van der Waals surface area contributed by atoms with Crippen molar-refractivity contribution in [3.8, 4) is 51.0 Å². The maximum atomic E-state index is 8.78. The molecule has 7 aromatic carbocycles. The number of benzene rings is 7. The van der Waals surface area contributed by atoms with Gasteiger partial charge in [0.15, 0.2) is 17.5 Å². The van der Waals surface area contributed by atoms with Gasteiger partial charge in [-0.25, -0.2) is 15.0 Å². The zero-order valence-electron chi connectivity index (χ0n) is 31.5. The van der Waals surface area contributed by atoms with Crippen LogP contribution in [0.3, 0.4) is 0 Å². The van der Waals surface area contributed by atoms with Crippen molar-refractivity contribution >= 4 is 53.3 Å². The summed E-state index contributed by atoms with van der Waals surface area (Å²) in [7, 11) is 0. The van der Waals surface area contributed by atoms with E-state index in [1.165, 1.54) is 20.2 Å². The van der Waals surface area contributed by atoms with Crippen molar-refractivity contribution in [2.45, 2.75) is 0 Å². The van der Waals surface area contributed by atoms with Crippen LogP contribution in [-0.2, 0) is 0 Å². The van der Waals surface area contributed by atoms with Gasteiger partial charge < -0.3 is 4.57 Å². The summed E-state index contributed by atoms with van der Waals surface area (Å²) in [5.41, 5.74) is 6.38. The highest BCUT2D eigenvalue weighted by atomic mass is 32.1. The van der Waals surface area contributed by atoms with Gasteiger partial charge in [0.1, 0.15) is 0 Å². The van der Waals surface area contributed by atoms with Crippen LogP contribution in [0.1, 0.15) is 6.85 Å². The van der Waals surface area contributed by atoms with Gasteiger partial charge in [-0.05, 0) is 41.5 Å². The van der Waals surface area contributed by atoms with Crippen LogP contribution in [0, 0.1) is 0 Å². The van der Waals surface area contributed by atoms with E-state index in [-0.39, 0.29) is 23.5 Å². The van der Waals surface area contributed by atoms with Gasteiger partial charge in [-0.1, -0.05) is 139 Å². The Morgan fingerprint density at radius 1 is 0.460 bits per heavy atom. The average molecular weight is 662 g/mol. The molecule has 0 radical (unpaired) electrons. The molecule has 3 heterocycles. The molecule has 0 aliphatic carbocycles. The van der Waals surface area contributed by atoms with Gasteiger partial charge >= 0.3 is 0 Å². The van der Waals surface area contributed by atoms with Crippen molar-refractivity contribution in [2.24, 2.45) is 0 Å². The molecule has 0 saturated carbocycles. The lowest BCUT2D eigenvalue weighted by Gasteiger charge is -2.12. The molecule has 4 nitrogen and oxygen atoms in total. The Bertz CT molecular complexity index is 3150. The van der Waals surface area contributed by atoms with Crippen LogP contribution >= 0.6 is 11.3 Å². The normalized spacial score (nSPS) is 13.0. The molecule has 0 bridgehead atoms. The number of thiophene rings is 1. The standard InChI is InChI=1S/C45H28N4S/c1-3-13-29(14-4-1)31-17-11-18-32(27-31)44-46-43(30-15-5-2-6-16-30)47-45(48-44)33-19-12-20-34(28-33)49-39-23-9-7-21-35(39)37-25-26-38-36-22-8-10-24-40(36)50-42(38)41(37)49/h1-28H/i2D,5D,6D,15D,16D. The van der Waals surface area contributed by atoms with Gasteiger partial charge in [-0.15, -0.1) is 11.3 Å².